The van der Waals surface area contributed by atoms with E-state index in [9.17, 15) is 19.8 Å². The molecule has 0 fully saturated rings. The standard InChI is InChI=1S/C29H42N2O4/c1-6-10-25-27(33)28(4,5)19-18-26(32)31-24(17-16-23-13-7-8-20-30-23)15-14-21(2)11-9-12-22(3)29(25,34)35/h6-8,13-14,16-17,20,22,24-25,34-35H,1,9-12,15,18-19H2,2-5H3,(H,31,32). The summed E-state index contributed by atoms with van der Waals surface area (Å²) in [4.78, 5) is 30.6. The number of aliphatic hydroxyl groups is 2. The molecule has 6 nitrogen and oxygen atoms in total. The van der Waals surface area contributed by atoms with E-state index in [1.54, 1.807) is 33.0 Å². The van der Waals surface area contributed by atoms with E-state index in [1.807, 2.05) is 37.3 Å². The summed E-state index contributed by atoms with van der Waals surface area (Å²) in [7, 11) is 0. The largest absolute Gasteiger partial charge is 0.365 e. The Morgan fingerprint density at radius 2 is 1.97 bits per heavy atom. The van der Waals surface area contributed by atoms with Crippen LogP contribution in [0, 0.1) is 17.3 Å². The molecule has 6 heteroatoms. The van der Waals surface area contributed by atoms with Gasteiger partial charge in [-0.2, -0.15) is 0 Å². The molecule has 0 saturated carbocycles. The van der Waals surface area contributed by atoms with Gasteiger partial charge in [0.25, 0.3) is 0 Å². The molecule has 0 bridgehead atoms. The highest BCUT2D eigenvalue weighted by atomic mass is 16.5. The van der Waals surface area contributed by atoms with Crippen LogP contribution < -0.4 is 5.32 Å². The minimum absolute atomic E-state index is 0.146. The highest BCUT2D eigenvalue weighted by molar-refractivity contribution is 5.88. The highest BCUT2D eigenvalue weighted by Crippen LogP contribution is 2.37. The maximum Gasteiger partial charge on any atom is 0.220 e. The Hall–Kier alpha value is -2.57. The molecule has 1 aliphatic heterocycles. The molecule has 1 amide bonds. The van der Waals surface area contributed by atoms with Crippen molar-refractivity contribution in [1.29, 1.82) is 0 Å². The summed E-state index contributed by atoms with van der Waals surface area (Å²) in [6.07, 6.45) is 12.7. The second kappa shape index (κ2) is 12.9. The zero-order valence-electron chi connectivity index (χ0n) is 21.7. The lowest BCUT2D eigenvalue weighted by Crippen LogP contribution is -2.51. The van der Waals surface area contributed by atoms with Crippen LogP contribution in [0.1, 0.15) is 78.3 Å². The molecular formula is C29H42N2O4. The van der Waals surface area contributed by atoms with Crippen molar-refractivity contribution >= 4 is 17.8 Å². The Kier molecular flexibility index (Phi) is 10.6. The lowest BCUT2D eigenvalue weighted by atomic mass is 9.71. The van der Waals surface area contributed by atoms with E-state index in [0.29, 0.717) is 19.3 Å². The number of nitrogens with zero attached hydrogens (tertiary/aromatic N) is 1. The van der Waals surface area contributed by atoms with Crippen LogP contribution in [0.4, 0.5) is 0 Å². The first-order valence-electron chi connectivity index (χ1n) is 12.6. The fourth-order valence-electron chi connectivity index (χ4n) is 4.49. The predicted molar refractivity (Wildman–Crippen MR) is 140 cm³/mol. The molecule has 192 valence electrons. The molecule has 0 spiro atoms. The molecule has 0 saturated heterocycles. The van der Waals surface area contributed by atoms with E-state index in [1.165, 1.54) is 5.57 Å². The van der Waals surface area contributed by atoms with Gasteiger partial charge in [-0.25, -0.2) is 0 Å². The van der Waals surface area contributed by atoms with Crippen molar-refractivity contribution in [2.45, 2.75) is 84.5 Å². The summed E-state index contributed by atoms with van der Waals surface area (Å²) in [5.41, 5.74) is 1.10. The van der Waals surface area contributed by atoms with Gasteiger partial charge in [-0.05, 0) is 63.7 Å². The Morgan fingerprint density at radius 1 is 1.23 bits per heavy atom. The van der Waals surface area contributed by atoms with Gasteiger partial charge < -0.3 is 15.5 Å². The first-order valence-corrected chi connectivity index (χ1v) is 12.6. The number of carbonyl (C=O) groups is 2. The fourth-order valence-corrected chi connectivity index (χ4v) is 4.49. The second-order valence-corrected chi connectivity index (χ2v) is 10.5. The summed E-state index contributed by atoms with van der Waals surface area (Å²) < 4.78 is 0. The number of carbonyl (C=O) groups excluding carboxylic acids is 2. The molecule has 3 unspecified atom stereocenters. The van der Waals surface area contributed by atoms with Crippen LogP contribution in [0.3, 0.4) is 0 Å². The van der Waals surface area contributed by atoms with Crippen LogP contribution in [0.5, 0.6) is 0 Å². The lowest BCUT2D eigenvalue weighted by Gasteiger charge is -2.39. The van der Waals surface area contributed by atoms with Gasteiger partial charge in [-0.15, -0.1) is 6.58 Å². The summed E-state index contributed by atoms with van der Waals surface area (Å²) in [5, 5.41) is 25.1. The van der Waals surface area contributed by atoms with E-state index in [2.05, 4.69) is 23.0 Å². The van der Waals surface area contributed by atoms with Gasteiger partial charge in [-0.1, -0.05) is 50.6 Å². The summed E-state index contributed by atoms with van der Waals surface area (Å²) in [6.45, 7) is 11.1. The zero-order valence-corrected chi connectivity index (χ0v) is 21.7. The van der Waals surface area contributed by atoms with Crippen LogP contribution in [-0.4, -0.2) is 38.7 Å². The summed E-state index contributed by atoms with van der Waals surface area (Å²) in [5.74, 6) is -4.01. The molecule has 1 aliphatic rings. The van der Waals surface area contributed by atoms with E-state index < -0.39 is 23.0 Å². The Balaban J connectivity index is 2.30. The first-order chi connectivity index (χ1) is 16.5. The molecule has 1 aromatic rings. The molecule has 3 atom stereocenters. The van der Waals surface area contributed by atoms with Gasteiger partial charge >= 0.3 is 0 Å². The maximum absolute atomic E-state index is 13.5. The molecule has 1 aromatic heterocycles. The van der Waals surface area contributed by atoms with Crippen LogP contribution >= 0.6 is 0 Å². The predicted octanol–water partition coefficient (Wildman–Crippen LogP) is 4.98. The minimum Gasteiger partial charge on any atom is -0.365 e. The van der Waals surface area contributed by atoms with Gasteiger partial charge in [0, 0.05) is 24.0 Å². The SMILES string of the molecule is C=CCC1C(=O)C(C)(C)CCC(=O)NC(C=Cc2ccccn2)CC=C(C)CCCC(C)C1(O)O. The van der Waals surface area contributed by atoms with Crippen molar-refractivity contribution in [2.24, 2.45) is 17.3 Å². The van der Waals surface area contributed by atoms with Gasteiger partial charge in [0.2, 0.25) is 5.91 Å². The molecule has 35 heavy (non-hydrogen) atoms. The number of rotatable bonds is 4. The molecule has 2 heterocycles. The van der Waals surface area contributed by atoms with Crippen LogP contribution in [0.25, 0.3) is 6.08 Å². The van der Waals surface area contributed by atoms with E-state index in [-0.39, 0.29) is 30.6 Å². The van der Waals surface area contributed by atoms with Crippen LogP contribution in [0.15, 0.2) is 54.8 Å². The van der Waals surface area contributed by atoms with Gasteiger partial charge in [-0.3, -0.25) is 14.6 Å². The molecule has 0 aromatic carbocycles. The van der Waals surface area contributed by atoms with E-state index in [0.717, 1.165) is 18.5 Å². The Bertz CT molecular complexity index is 918. The number of aromatic nitrogens is 1. The third-order valence-corrected chi connectivity index (χ3v) is 7.06. The number of amides is 1. The van der Waals surface area contributed by atoms with Crippen LogP contribution in [-0.2, 0) is 9.59 Å². The fraction of sp³-hybridized carbons (Fsp3) is 0.552. The Morgan fingerprint density at radius 3 is 2.63 bits per heavy atom. The van der Waals surface area contributed by atoms with Crippen molar-refractivity contribution in [3.63, 3.8) is 0 Å². The number of allylic oxidation sites excluding steroid dienone is 2. The molecule has 0 aliphatic carbocycles. The van der Waals surface area contributed by atoms with Crippen molar-refractivity contribution in [3.8, 4) is 0 Å². The maximum atomic E-state index is 13.5. The van der Waals surface area contributed by atoms with Crippen molar-refractivity contribution in [3.05, 3.63) is 60.5 Å². The van der Waals surface area contributed by atoms with E-state index in [4.69, 9.17) is 0 Å². The first kappa shape index (κ1) is 28.7. The van der Waals surface area contributed by atoms with Gasteiger partial charge in [0.05, 0.1) is 17.7 Å². The Labute approximate surface area is 210 Å². The minimum atomic E-state index is -2.14. The summed E-state index contributed by atoms with van der Waals surface area (Å²) >= 11 is 0. The highest BCUT2D eigenvalue weighted by Gasteiger charge is 2.47. The van der Waals surface area contributed by atoms with Crippen LogP contribution in [0.2, 0.25) is 0 Å². The number of pyridine rings is 1. The van der Waals surface area contributed by atoms with Gasteiger partial charge in [0.1, 0.15) is 5.78 Å². The van der Waals surface area contributed by atoms with E-state index >= 15 is 0 Å². The van der Waals surface area contributed by atoms with Crippen molar-refractivity contribution in [1.82, 2.24) is 10.3 Å². The third-order valence-electron chi connectivity index (χ3n) is 7.06. The quantitative estimate of drug-likeness (QED) is 0.415. The third kappa shape index (κ3) is 8.55. The number of ketones is 1. The monoisotopic (exact) mass is 482 g/mol. The number of Topliss-reactive ketones (excluding diaryl/α,β-unsaturated/α-hetero) is 1. The molecule has 2 rings (SSSR count). The topological polar surface area (TPSA) is 99.5 Å². The molecule has 0 radical (unpaired) electrons. The number of hydrogen-bond acceptors (Lipinski definition) is 5. The average molecular weight is 483 g/mol. The zero-order chi connectivity index (χ0) is 26.1. The lowest BCUT2D eigenvalue weighted by molar-refractivity contribution is -0.233. The summed E-state index contributed by atoms with van der Waals surface area (Å²) in [6, 6.07) is 5.49. The molecule has 3 N–H and O–H groups in total. The smallest absolute Gasteiger partial charge is 0.220 e. The molecular weight excluding hydrogens is 440 g/mol. The number of hydrogen-bond donors (Lipinski definition) is 3. The number of nitrogens with one attached hydrogen (secondary N) is 1. The van der Waals surface area contributed by atoms with Gasteiger partial charge in [0.15, 0.2) is 5.79 Å². The normalized spacial score (nSPS) is 26.7. The second-order valence-electron chi connectivity index (χ2n) is 10.5. The van der Waals surface area contributed by atoms with Crippen molar-refractivity contribution < 1.29 is 19.8 Å². The average Bonchev–Trinajstić information content (AvgIpc) is 2.82. The van der Waals surface area contributed by atoms with Crippen molar-refractivity contribution in [2.75, 3.05) is 0 Å².